The van der Waals surface area contributed by atoms with E-state index in [2.05, 4.69) is 12.2 Å². The van der Waals surface area contributed by atoms with Gasteiger partial charge in [-0.3, -0.25) is 4.79 Å². The van der Waals surface area contributed by atoms with Crippen LogP contribution in [-0.2, 0) is 9.53 Å². The van der Waals surface area contributed by atoms with Crippen LogP contribution in [0.2, 0.25) is 0 Å². The van der Waals surface area contributed by atoms with E-state index < -0.39 is 0 Å². The van der Waals surface area contributed by atoms with Gasteiger partial charge in [-0.25, -0.2) is 0 Å². The van der Waals surface area contributed by atoms with E-state index >= 15 is 0 Å². The molecular weight excluding hydrogens is 154 g/mol. The second-order valence-corrected chi connectivity index (χ2v) is 2.80. The number of hydrogen-bond donors (Lipinski definition) is 1. The van der Waals surface area contributed by atoms with Crippen LogP contribution in [0.5, 0.6) is 0 Å². The maximum absolute atomic E-state index is 11.0. The van der Waals surface area contributed by atoms with Gasteiger partial charge in [-0.2, -0.15) is 0 Å². The Morgan fingerprint density at radius 3 is 2.75 bits per heavy atom. The van der Waals surface area contributed by atoms with Crippen LogP contribution >= 0.6 is 0 Å². The molecule has 0 fully saturated rings. The first-order chi connectivity index (χ1) is 5.81. The van der Waals surface area contributed by atoms with E-state index in [-0.39, 0.29) is 5.91 Å². The topological polar surface area (TPSA) is 38.3 Å². The molecule has 0 unspecified atom stereocenters. The third kappa shape index (κ3) is 7.54. The Bertz CT molecular complexity index is 115. The van der Waals surface area contributed by atoms with E-state index in [0.29, 0.717) is 13.0 Å². The predicted octanol–water partition coefficient (Wildman–Crippen LogP) is 1.33. The Hall–Kier alpha value is -0.570. The number of carbonyl (C=O) groups is 1. The average Bonchev–Trinajstić information content (AvgIpc) is 2.09. The largest absolute Gasteiger partial charge is 0.385 e. The van der Waals surface area contributed by atoms with Crippen molar-refractivity contribution >= 4 is 5.91 Å². The highest BCUT2D eigenvalue weighted by Crippen LogP contribution is 1.92. The molecule has 3 heteroatoms. The molecule has 0 rings (SSSR count). The van der Waals surface area contributed by atoms with Crippen molar-refractivity contribution in [2.75, 3.05) is 20.3 Å². The van der Waals surface area contributed by atoms with E-state index in [1.165, 1.54) is 0 Å². The van der Waals surface area contributed by atoms with Gasteiger partial charge in [0.15, 0.2) is 0 Å². The van der Waals surface area contributed by atoms with Gasteiger partial charge in [0, 0.05) is 26.7 Å². The third-order valence-electron chi connectivity index (χ3n) is 1.60. The molecule has 0 saturated carbocycles. The molecule has 0 aromatic heterocycles. The van der Waals surface area contributed by atoms with Gasteiger partial charge in [-0.05, 0) is 12.8 Å². The summed E-state index contributed by atoms with van der Waals surface area (Å²) in [5, 5.41) is 2.83. The van der Waals surface area contributed by atoms with Crippen molar-refractivity contribution in [1.29, 1.82) is 0 Å². The summed E-state index contributed by atoms with van der Waals surface area (Å²) < 4.78 is 4.85. The summed E-state index contributed by atoms with van der Waals surface area (Å²) in [6.07, 6.45) is 3.61. The average molecular weight is 173 g/mol. The van der Waals surface area contributed by atoms with Crippen molar-refractivity contribution in [3.05, 3.63) is 0 Å². The zero-order valence-electron chi connectivity index (χ0n) is 8.06. The highest BCUT2D eigenvalue weighted by atomic mass is 16.5. The highest BCUT2D eigenvalue weighted by molar-refractivity contribution is 5.75. The summed E-state index contributed by atoms with van der Waals surface area (Å²) in [4.78, 5) is 11.0. The first-order valence-corrected chi connectivity index (χ1v) is 4.57. The first kappa shape index (κ1) is 11.4. The summed E-state index contributed by atoms with van der Waals surface area (Å²) in [6.45, 7) is 3.53. The number of hydrogen-bond acceptors (Lipinski definition) is 2. The summed E-state index contributed by atoms with van der Waals surface area (Å²) in [5.41, 5.74) is 0. The molecule has 12 heavy (non-hydrogen) atoms. The summed E-state index contributed by atoms with van der Waals surface area (Å²) in [5.74, 6) is 0.160. The first-order valence-electron chi connectivity index (χ1n) is 4.57. The summed E-state index contributed by atoms with van der Waals surface area (Å²) in [7, 11) is 1.67. The molecule has 0 aliphatic heterocycles. The van der Waals surface area contributed by atoms with Crippen LogP contribution in [0.3, 0.4) is 0 Å². The summed E-state index contributed by atoms with van der Waals surface area (Å²) in [6, 6.07) is 0. The zero-order valence-corrected chi connectivity index (χ0v) is 8.06. The number of amides is 1. The number of carbonyl (C=O) groups excluding carboxylic acids is 1. The quantitative estimate of drug-likeness (QED) is 0.590. The lowest BCUT2D eigenvalue weighted by Gasteiger charge is -2.03. The number of nitrogens with one attached hydrogen (secondary N) is 1. The van der Waals surface area contributed by atoms with Gasteiger partial charge in [-0.15, -0.1) is 0 Å². The fraction of sp³-hybridized carbons (Fsp3) is 0.889. The van der Waals surface area contributed by atoms with Gasteiger partial charge in [0.1, 0.15) is 0 Å². The smallest absolute Gasteiger partial charge is 0.219 e. The minimum absolute atomic E-state index is 0.160. The van der Waals surface area contributed by atoms with Gasteiger partial charge >= 0.3 is 0 Å². The van der Waals surface area contributed by atoms with E-state index in [1.54, 1.807) is 7.11 Å². The normalized spacial score (nSPS) is 9.83. The van der Waals surface area contributed by atoms with Gasteiger partial charge < -0.3 is 10.1 Å². The van der Waals surface area contributed by atoms with Crippen LogP contribution in [-0.4, -0.2) is 26.2 Å². The fourth-order valence-electron chi connectivity index (χ4n) is 0.870. The maximum atomic E-state index is 11.0. The van der Waals surface area contributed by atoms with Crippen molar-refractivity contribution in [3.8, 4) is 0 Å². The molecule has 3 nitrogen and oxygen atoms in total. The molecule has 0 aliphatic carbocycles. The molecule has 0 aliphatic rings. The van der Waals surface area contributed by atoms with E-state index in [9.17, 15) is 4.79 Å². The number of methoxy groups -OCH3 is 1. The Morgan fingerprint density at radius 1 is 1.42 bits per heavy atom. The molecular formula is C9H19NO2. The molecule has 0 heterocycles. The molecule has 0 atom stereocenters. The SMILES string of the molecule is CCCCC(=O)NCCCOC. The predicted molar refractivity (Wildman–Crippen MR) is 49.0 cm³/mol. The van der Waals surface area contributed by atoms with Crippen LogP contribution in [0.15, 0.2) is 0 Å². The van der Waals surface area contributed by atoms with Crippen LogP contribution in [0.25, 0.3) is 0 Å². The van der Waals surface area contributed by atoms with Crippen molar-refractivity contribution in [1.82, 2.24) is 5.32 Å². The molecule has 0 aromatic carbocycles. The Labute approximate surface area is 74.5 Å². The molecule has 0 aromatic rings. The Balaban J connectivity index is 3.08. The lowest BCUT2D eigenvalue weighted by atomic mass is 10.2. The molecule has 0 saturated heterocycles. The fourth-order valence-corrected chi connectivity index (χ4v) is 0.870. The van der Waals surface area contributed by atoms with Crippen molar-refractivity contribution < 1.29 is 9.53 Å². The second kappa shape index (κ2) is 8.53. The van der Waals surface area contributed by atoms with Crippen LogP contribution in [0.4, 0.5) is 0 Å². The molecule has 1 amide bonds. The van der Waals surface area contributed by atoms with Gasteiger partial charge in [-0.1, -0.05) is 13.3 Å². The molecule has 0 bridgehead atoms. The van der Waals surface area contributed by atoms with Crippen molar-refractivity contribution in [2.24, 2.45) is 0 Å². The molecule has 1 N–H and O–H groups in total. The molecule has 0 spiro atoms. The minimum atomic E-state index is 0.160. The monoisotopic (exact) mass is 173 g/mol. The minimum Gasteiger partial charge on any atom is -0.385 e. The number of rotatable bonds is 7. The maximum Gasteiger partial charge on any atom is 0.219 e. The Morgan fingerprint density at radius 2 is 2.17 bits per heavy atom. The standard InChI is InChI=1S/C9H19NO2/c1-3-4-6-9(11)10-7-5-8-12-2/h3-8H2,1-2H3,(H,10,11). The molecule has 72 valence electrons. The number of ether oxygens (including phenoxy) is 1. The zero-order chi connectivity index (χ0) is 9.23. The van der Waals surface area contributed by atoms with Gasteiger partial charge in [0.2, 0.25) is 5.91 Å². The van der Waals surface area contributed by atoms with Crippen molar-refractivity contribution in [2.45, 2.75) is 32.6 Å². The van der Waals surface area contributed by atoms with E-state index in [0.717, 1.165) is 25.8 Å². The van der Waals surface area contributed by atoms with Gasteiger partial charge in [0.25, 0.3) is 0 Å². The second-order valence-electron chi connectivity index (χ2n) is 2.80. The number of unbranched alkanes of at least 4 members (excludes halogenated alkanes) is 1. The van der Waals surface area contributed by atoms with Crippen molar-refractivity contribution in [3.63, 3.8) is 0 Å². The lowest BCUT2D eigenvalue weighted by Crippen LogP contribution is -2.24. The summed E-state index contributed by atoms with van der Waals surface area (Å²) >= 11 is 0. The van der Waals surface area contributed by atoms with E-state index in [1.807, 2.05) is 0 Å². The van der Waals surface area contributed by atoms with Crippen LogP contribution < -0.4 is 5.32 Å². The Kier molecular flexibility index (Phi) is 8.12. The van der Waals surface area contributed by atoms with Crippen LogP contribution in [0.1, 0.15) is 32.6 Å². The van der Waals surface area contributed by atoms with Crippen LogP contribution in [0, 0.1) is 0 Å². The lowest BCUT2D eigenvalue weighted by molar-refractivity contribution is -0.121. The third-order valence-corrected chi connectivity index (χ3v) is 1.60. The highest BCUT2D eigenvalue weighted by Gasteiger charge is 1.97. The van der Waals surface area contributed by atoms with E-state index in [4.69, 9.17) is 4.74 Å². The molecule has 0 radical (unpaired) electrons. The van der Waals surface area contributed by atoms with Gasteiger partial charge in [0.05, 0.1) is 0 Å².